The van der Waals surface area contributed by atoms with Gasteiger partial charge in [-0.3, -0.25) is 4.68 Å². The average Bonchev–Trinajstić information content (AvgIpc) is 2.85. The summed E-state index contributed by atoms with van der Waals surface area (Å²) >= 11 is 0. The molecule has 1 aromatic carbocycles. The molecule has 1 N–H and O–H groups in total. The summed E-state index contributed by atoms with van der Waals surface area (Å²) in [6.45, 7) is 3.51. The quantitative estimate of drug-likeness (QED) is 0.897. The van der Waals surface area contributed by atoms with Crippen molar-refractivity contribution in [2.45, 2.75) is 26.4 Å². The average molecular weight is 258 g/mol. The molecule has 2 rings (SSSR count). The van der Waals surface area contributed by atoms with Crippen LogP contribution >= 0.6 is 0 Å². The number of halogens is 1. The van der Waals surface area contributed by atoms with Crippen LogP contribution in [0.4, 0.5) is 10.1 Å². The highest BCUT2D eigenvalue weighted by atomic mass is 19.1. The van der Waals surface area contributed by atoms with E-state index in [-0.39, 0.29) is 0 Å². The molecule has 1 heterocycles. The number of anilines is 1. The lowest BCUT2D eigenvalue weighted by molar-refractivity contribution is 0.578. The van der Waals surface area contributed by atoms with E-state index < -0.39 is 5.82 Å². The normalized spacial score (nSPS) is 10.2. The summed E-state index contributed by atoms with van der Waals surface area (Å²) in [6.07, 6.45) is 2.76. The van der Waals surface area contributed by atoms with Crippen molar-refractivity contribution >= 4 is 5.69 Å². The minimum absolute atomic E-state index is 0.307. The fraction of sp³-hybridized carbons (Fsp3) is 0.286. The Morgan fingerprint density at radius 3 is 3.00 bits per heavy atom. The first kappa shape index (κ1) is 13.1. The SMILES string of the molecule is CCCn1nccc1CNc1ccc(F)cc1C#N. The largest absolute Gasteiger partial charge is 0.378 e. The molecule has 0 fully saturated rings. The first-order chi connectivity index (χ1) is 9.24. The Morgan fingerprint density at radius 2 is 2.26 bits per heavy atom. The Bertz CT molecular complexity index is 598. The highest BCUT2D eigenvalue weighted by Gasteiger charge is 2.05. The number of aromatic nitrogens is 2. The molecule has 0 aliphatic heterocycles. The lowest BCUT2D eigenvalue weighted by Gasteiger charge is -2.10. The van der Waals surface area contributed by atoms with Gasteiger partial charge in [0.2, 0.25) is 0 Å². The number of rotatable bonds is 5. The lowest BCUT2D eigenvalue weighted by atomic mass is 10.2. The molecule has 0 saturated heterocycles. The van der Waals surface area contributed by atoms with Gasteiger partial charge in [-0.05, 0) is 30.7 Å². The Kier molecular flexibility index (Phi) is 4.14. The van der Waals surface area contributed by atoms with Crippen LogP contribution < -0.4 is 5.32 Å². The van der Waals surface area contributed by atoms with E-state index in [0.717, 1.165) is 18.7 Å². The molecule has 0 aliphatic carbocycles. The van der Waals surface area contributed by atoms with Gasteiger partial charge in [0.1, 0.15) is 11.9 Å². The molecule has 0 amide bonds. The van der Waals surface area contributed by atoms with Crippen molar-refractivity contribution in [3.63, 3.8) is 0 Å². The van der Waals surface area contributed by atoms with E-state index in [1.165, 1.54) is 12.1 Å². The van der Waals surface area contributed by atoms with Crippen LogP contribution in [0, 0.1) is 17.1 Å². The first-order valence-corrected chi connectivity index (χ1v) is 6.18. The van der Waals surface area contributed by atoms with Gasteiger partial charge in [-0.15, -0.1) is 0 Å². The van der Waals surface area contributed by atoms with Gasteiger partial charge in [0.05, 0.1) is 23.5 Å². The molecule has 2 aromatic rings. The van der Waals surface area contributed by atoms with Crippen LogP contribution in [-0.4, -0.2) is 9.78 Å². The minimum Gasteiger partial charge on any atom is -0.378 e. The van der Waals surface area contributed by atoms with E-state index in [0.29, 0.717) is 17.8 Å². The van der Waals surface area contributed by atoms with Crippen molar-refractivity contribution in [2.24, 2.45) is 0 Å². The maximum absolute atomic E-state index is 13.0. The highest BCUT2D eigenvalue weighted by Crippen LogP contribution is 2.17. The van der Waals surface area contributed by atoms with Crippen molar-refractivity contribution < 1.29 is 4.39 Å². The summed E-state index contributed by atoms with van der Waals surface area (Å²) in [5.41, 5.74) is 1.98. The van der Waals surface area contributed by atoms with Crippen molar-refractivity contribution in [1.82, 2.24) is 9.78 Å². The summed E-state index contributed by atoms with van der Waals surface area (Å²) in [5, 5.41) is 16.3. The number of nitriles is 1. The van der Waals surface area contributed by atoms with Crippen LogP contribution in [0.5, 0.6) is 0 Å². The summed E-state index contributed by atoms with van der Waals surface area (Å²) in [5.74, 6) is -0.405. The molecular weight excluding hydrogens is 243 g/mol. The second-order valence-corrected chi connectivity index (χ2v) is 4.20. The highest BCUT2D eigenvalue weighted by molar-refractivity contribution is 5.57. The fourth-order valence-corrected chi connectivity index (χ4v) is 1.87. The third kappa shape index (κ3) is 3.10. The van der Waals surface area contributed by atoms with E-state index in [2.05, 4.69) is 17.3 Å². The van der Waals surface area contributed by atoms with E-state index >= 15 is 0 Å². The molecule has 98 valence electrons. The number of hydrogen-bond donors (Lipinski definition) is 1. The van der Waals surface area contributed by atoms with Gasteiger partial charge in [0.25, 0.3) is 0 Å². The molecule has 0 bridgehead atoms. The molecular formula is C14H15FN4. The topological polar surface area (TPSA) is 53.6 Å². The standard InChI is InChI=1S/C14H15FN4/c1-2-7-19-13(5-6-18-19)10-17-14-4-3-12(15)8-11(14)9-16/h3-6,8,17H,2,7,10H2,1H3. The molecule has 0 radical (unpaired) electrons. The van der Waals surface area contributed by atoms with Gasteiger partial charge in [0.15, 0.2) is 0 Å². The lowest BCUT2D eigenvalue weighted by Crippen LogP contribution is -2.09. The summed E-state index contributed by atoms with van der Waals surface area (Å²) < 4.78 is 14.9. The Hall–Kier alpha value is -2.35. The summed E-state index contributed by atoms with van der Waals surface area (Å²) in [4.78, 5) is 0. The van der Waals surface area contributed by atoms with Gasteiger partial charge >= 0.3 is 0 Å². The molecule has 0 aliphatic rings. The van der Waals surface area contributed by atoms with Gasteiger partial charge < -0.3 is 5.32 Å². The summed E-state index contributed by atoms with van der Waals surface area (Å²) in [6, 6.07) is 8.06. The van der Waals surface area contributed by atoms with Gasteiger partial charge in [-0.1, -0.05) is 6.92 Å². The zero-order valence-corrected chi connectivity index (χ0v) is 10.7. The number of hydrogen-bond acceptors (Lipinski definition) is 3. The Balaban J connectivity index is 2.10. The van der Waals surface area contributed by atoms with Crippen LogP contribution in [0.25, 0.3) is 0 Å². The third-order valence-corrected chi connectivity index (χ3v) is 2.80. The molecule has 0 atom stereocenters. The maximum atomic E-state index is 13.0. The number of nitrogens with one attached hydrogen (secondary N) is 1. The van der Waals surface area contributed by atoms with Crippen molar-refractivity contribution in [3.05, 3.63) is 47.5 Å². The van der Waals surface area contributed by atoms with Crippen molar-refractivity contribution in [3.8, 4) is 6.07 Å². The third-order valence-electron chi connectivity index (χ3n) is 2.80. The molecule has 4 nitrogen and oxygen atoms in total. The maximum Gasteiger partial charge on any atom is 0.124 e. The van der Waals surface area contributed by atoms with Crippen LogP contribution in [-0.2, 0) is 13.1 Å². The smallest absolute Gasteiger partial charge is 0.124 e. The van der Waals surface area contributed by atoms with Crippen molar-refractivity contribution in [1.29, 1.82) is 5.26 Å². The molecule has 0 unspecified atom stereocenters. The van der Waals surface area contributed by atoms with Crippen molar-refractivity contribution in [2.75, 3.05) is 5.32 Å². The Morgan fingerprint density at radius 1 is 1.42 bits per heavy atom. The number of aryl methyl sites for hydroxylation is 1. The predicted octanol–water partition coefficient (Wildman–Crippen LogP) is 2.92. The molecule has 0 saturated carbocycles. The predicted molar refractivity (Wildman–Crippen MR) is 71.0 cm³/mol. The molecule has 1 aromatic heterocycles. The molecule has 19 heavy (non-hydrogen) atoms. The van der Waals surface area contributed by atoms with Gasteiger partial charge in [-0.25, -0.2) is 4.39 Å². The zero-order chi connectivity index (χ0) is 13.7. The zero-order valence-electron chi connectivity index (χ0n) is 10.7. The van der Waals surface area contributed by atoms with Crippen LogP contribution in [0.15, 0.2) is 30.5 Å². The molecule has 5 heteroatoms. The Labute approximate surface area is 111 Å². The van der Waals surface area contributed by atoms with E-state index in [9.17, 15) is 4.39 Å². The van der Waals surface area contributed by atoms with Crippen LogP contribution in [0.2, 0.25) is 0 Å². The monoisotopic (exact) mass is 258 g/mol. The van der Waals surface area contributed by atoms with Gasteiger partial charge in [-0.2, -0.15) is 10.4 Å². The second kappa shape index (κ2) is 6.01. The molecule has 0 spiro atoms. The fourth-order valence-electron chi connectivity index (χ4n) is 1.87. The summed E-state index contributed by atoms with van der Waals surface area (Å²) in [7, 11) is 0. The van der Waals surface area contributed by atoms with Crippen LogP contribution in [0.3, 0.4) is 0 Å². The minimum atomic E-state index is -0.405. The van der Waals surface area contributed by atoms with Gasteiger partial charge in [0, 0.05) is 12.7 Å². The van der Waals surface area contributed by atoms with Crippen LogP contribution in [0.1, 0.15) is 24.6 Å². The van der Waals surface area contributed by atoms with E-state index in [1.807, 2.05) is 16.8 Å². The van der Waals surface area contributed by atoms with E-state index in [4.69, 9.17) is 5.26 Å². The second-order valence-electron chi connectivity index (χ2n) is 4.20. The first-order valence-electron chi connectivity index (χ1n) is 6.18. The number of nitrogens with zero attached hydrogens (tertiary/aromatic N) is 3. The van der Waals surface area contributed by atoms with E-state index in [1.54, 1.807) is 12.3 Å². The number of benzene rings is 1.